The Balaban J connectivity index is 1.56. The van der Waals surface area contributed by atoms with E-state index in [-0.39, 0.29) is 17.6 Å². The number of hydrogen-bond acceptors (Lipinski definition) is 2. The van der Waals surface area contributed by atoms with Gasteiger partial charge in [0.2, 0.25) is 5.91 Å². The second-order valence-electron chi connectivity index (χ2n) is 5.92. The zero-order chi connectivity index (χ0) is 16.5. The summed E-state index contributed by atoms with van der Waals surface area (Å²) in [6.45, 7) is 0.644. The number of hydrogen-bond donors (Lipinski definition) is 1. The molecule has 2 heterocycles. The first-order valence-corrected chi connectivity index (χ1v) is 7.88. The van der Waals surface area contributed by atoms with Gasteiger partial charge in [-0.3, -0.25) is 9.89 Å². The van der Waals surface area contributed by atoms with Crippen LogP contribution in [0.4, 0.5) is 10.1 Å². The second kappa shape index (κ2) is 5.92. The van der Waals surface area contributed by atoms with Gasteiger partial charge in [0, 0.05) is 24.0 Å². The molecular weight excluding hydrogens is 305 g/mol. The summed E-state index contributed by atoms with van der Waals surface area (Å²) in [5, 5.41) is 6.73. The van der Waals surface area contributed by atoms with Crippen LogP contribution in [0.5, 0.6) is 0 Å². The summed E-state index contributed by atoms with van der Waals surface area (Å²) in [5.41, 5.74) is 3.66. The van der Waals surface area contributed by atoms with Crippen molar-refractivity contribution in [1.82, 2.24) is 10.2 Å². The quantitative estimate of drug-likeness (QED) is 0.799. The van der Waals surface area contributed by atoms with Crippen LogP contribution in [0.3, 0.4) is 0 Å². The molecule has 5 heteroatoms. The fourth-order valence-electron chi connectivity index (χ4n) is 3.21. The highest BCUT2D eigenvalue weighted by Gasteiger charge is 2.33. The molecule has 0 saturated carbocycles. The van der Waals surface area contributed by atoms with E-state index in [1.807, 2.05) is 36.5 Å². The molecule has 1 N–H and O–H groups in total. The molecule has 3 aromatic rings. The van der Waals surface area contributed by atoms with Crippen molar-refractivity contribution in [2.75, 3.05) is 11.4 Å². The average Bonchev–Trinajstić information content (AvgIpc) is 3.25. The highest BCUT2D eigenvalue weighted by atomic mass is 19.1. The van der Waals surface area contributed by atoms with E-state index in [1.54, 1.807) is 17.2 Å². The largest absolute Gasteiger partial charge is 0.312 e. The Morgan fingerprint density at radius 3 is 2.67 bits per heavy atom. The third kappa shape index (κ3) is 2.58. The SMILES string of the molecule is O=C1C(c2cccc(F)c2)CCN1c1ccc(-c2cn[nH]c2)cc1. The standard InChI is InChI=1S/C19H16FN3O/c20-16-3-1-2-14(10-16)18-8-9-23(19(18)24)17-6-4-13(5-7-17)15-11-21-22-12-15/h1-7,10-12,18H,8-9H2,(H,21,22). The van der Waals surface area contributed by atoms with Gasteiger partial charge < -0.3 is 4.90 Å². The number of halogens is 1. The third-order valence-corrected chi connectivity index (χ3v) is 4.47. The first kappa shape index (κ1) is 14.6. The van der Waals surface area contributed by atoms with E-state index in [2.05, 4.69) is 10.2 Å². The molecule has 1 saturated heterocycles. The first-order chi connectivity index (χ1) is 11.7. The minimum absolute atomic E-state index is 0.0247. The average molecular weight is 321 g/mol. The molecule has 4 rings (SSSR count). The molecule has 0 radical (unpaired) electrons. The van der Waals surface area contributed by atoms with Crippen LogP contribution in [-0.2, 0) is 4.79 Å². The molecule has 24 heavy (non-hydrogen) atoms. The maximum atomic E-state index is 13.4. The molecule has 120 valence electrons. The Kier molecular flexibility index (Phi) is 3.61. The fraction of sp³-hybridized carbons (Fsp3) is 0.158. The van der Waals surface area contributed by atoms with Gasteiger partial charge in [0.1, 0.15) is 5.82 Å². The van der Waals surface area contributed by atoms with E-state index in [4.69, 9.17) is 0 Å². The van der Waals surface area contributed by atoms with Crippen LogP contribution in [0.2, 0.25) is 0 Å². The number of H-pyrrole nitrogens is 1. The second-order valence-corrected chi connectivity index (χ2v) is 5.92. The molecule has 0 bridgehead atoms. The van der Waals surface area contributed by atoms with E-state index in [9.17, 15) is 9.18 Å². The lowest BCUT2D eigenvalue weighted by Crippen LogP contribution is -2.26. The van der Waals surface area contributed by atoms with Crippen LogP contribution < -0.4 is 4.90 Å². The Morgan fingerprint density at radius 2 is 1.96 bits per heavy atom. The maximum absolute atomic E-state index is 13.4. The summed E-state index contributed by atoms with van der Waals surface area (Å²) in [5.74, 6) is -0.547. The van der Waals surface area contributed by atoms with Crippen molar-refractivity contribution in [3.63, 3.8) is 0 Å². The van der Waals surface area contributed by atoms with Crippen LogP contribution in [0.25, 0.3) is 11.1 Å². The van der Waals surface area contributed by atoms with Crippen molar-refractivity contribution in [1.29, 1.82) is 0 Å². The highest BCUT2D eigenvalue weighted by molar-refractivity contribution is 6.00. The zero-order valence-corrected chi connectivity index (χ0v) is 12.9. The number of carbonyl (C=O) groups is 1. The van der Waals surface area contributed by atoms with E-state index in [0.717, 1.165) is 22.4 Å². The van der Waals surface area contributed by atoms with E-state index in [0.29, 0.717) is 13.0 Å². The van der Waals surface area contributed by atoms with Crippen molar-refractivity contribution < 1.29 is 9.18 Å². The molecule has 1 aliphatic rings. The summed E-state index contributed by atoms with van der Waals surface area (Å²) < 4.78 is 13.4. The van der Waals surface area contributed by atoms with Crippen molar-refractivity contribution >= 4 is 11.6 Å². The maximum Gasteiger partial charge on any atom is 0.234 e. The zero-order valence-electron chi connectivity index (χ0n) is 12.9. The molecule has 0 spiro atoms. The summed E-state index contributed by atoms with van der Waals surface area (Å²) in [6.07, 6.45) is 4.29. The van der Waals surface area contributed by atoms with Gasteiger partial charge in [-0.15, -0.1) is 0 Å². The minimum Gasteiger partial charge on any atom is -0.312 e. The topological polar surface area (TPSA) is 49.0 Å². The van der Waals surface area contributed by atoms with Gasteiger partial charge in [0.15, 0.2) is 0 Å². The summed E-state index contributed by atoms with van der Waals surface area (Å²) in [7, 11) is 0. The van der Waals surface area contributed by atoms with Gasteiger partial charge in [-0.25, -0.2) is 4.39 Å². The summed E-state index contributed by atoms with van der Waals surface area (Å²) in [6, 6.07) is 14.1. The van der Waals surface area contributed by atoms with Crippen LogP contribution in [0.15, 0.2) is 60.9 Å². The predicted molar refractivity (Wildman–Crippen MR) is 90.1 cm³/mol. The van der Waals surface area contributed by atoms with Crippen LogP contribution >= 0.6 is 0 Å². The summed E-state index contributed by atoms with van der Waals surface area (Å²) >= 11 is 0. The lowest BCUT2D eigenvalue weighted by Gasteiger charge is -2.17. The van der Waals surface area contributed by atoms with Crippen molar-refractivity contribution in [2.45, 2.75) is 12.3 Å². The highest BCUT2D eigenvalue weighted by Crippen LogP contribution is 2.33. The Labute approximate surface area is 138 Å². The number of rotatable bonds is 3. The Bertz CT molecular complexity index is 859. The van der Waals surface area contributed by atoms with Gasteiger partial charge in [-0.2, -0.15) is 5.10 Å². The molecule has 1 unspecified atom stereocenters. The van der Waals surface area contributed by atoms with E-state index in [1.165, 1.54) is 12.1 Å². The lowest BCUT2D eigenvalue weighted by molar-refractivity contribution is -0.118. The lowest BCUT2D eigenvalue weighted by atomic mass is 9.98. The normalized spacial score (nSPS) is 17.5. The van der Waals surface area contributed by atoms with Gasteiger partial charge in [-0.05, 0) is 41.8 Å². The monoisotopic (exact) mass is 321 g/mol. The molecule has 1 aromatic heterocycles. The molecule has 2 aromatic carbocycles. The van der Waals surface area contributed by atoms with E-state index < -0.39 is 0 Å². The third-order valence-electron chi connectivity index (χ3n) is 4.47. The van der Waals surface area contributed by atoms with Gasteiger partial charge in [0.05, 0.1) is 12.1 Å². The van der Waals surface area contributed by atoms with Crippen molar-refractivity contribution in [2.24, 2.45) is 0 Å². The number of nitrogens with one attached hydrogen (secondary N) is 1. The van der Waals surface area contributed by atoms with Gasteiger partial charge >= 0.3 is 0 Å². The van der Waals surface area contributed by atoms with Crippen LogP contribution in [0.1, 0.15) is 17.9 Å². The number of amides is 1. The van der Waals surface area contributed by atoms with Crippen molar-refractivity contribution in [3.8, 4) is 11.1 Å². The Morgan fingerprint density at radius 1 is 1.12 bits per heavy atom. The number of aromatic nitrogens is 2. The molecule has 1 fully saturated rings. The molecule has 4 nitrogen and oxygen atoms in total. The minimum atomic E-state index is -0.303. The molecule has 0 aliphatic carbocycles. The fourth-order valence-corrected chi connectivity index (χ4v) is 3.21. The van der Waals surface area contributed by atoms with E-state index >= 15 is 0 Å². The molecule has 1 atom stereocenters. The van der Waals surface area contributed by atoms with Crippen LogP contribution in [0, 0.1) is 5.82 Å². The number of aromatic amines is 1. The van der Waals surface area contributed by atoms with Gasteiger partial charge in [-0.1, -0.05) is 24.3 Å². The predicted octanol–water partition coefficient (Wildman–Crippen LogP) is 3.74. The van der Waals surface area contributed by atoms with Crippen molar-refractivity contribution in [3.05, 3.63) is 72.3 Å². The molecule has 1 aliphatic heterocycles. The smallest absolute Gasteiger partial charge is 0.234 e. The number of nitrogens with zero attached hydrogens (tertiary/aromatic N) is 2. The van der Waals surface area contributed by atoms with Crippen LogP contribution in [-0.4, -0.2) is 22.6 Å². The number of carbonyl (C=O) groups excluding carboxylic acids is 1. The number of benzene rings is 2. The summed E-state index contributed by atoms with van der Waals surface area (Å²) in [4.78, 5) is 14.5. The first-order valence-electron chi connectivity index (χ1n) is 7.88. The van der Waals surface area contributed by atoms with Gasteiger partial charge in [0.25, 0.3) is 0 Å². The molecular formula is C19H16FN3O. The Hall–Kier alpha value is -2.95. The number of anilines is 1. The molecule has 1 amide bonds.